The van der Waals surface area contributed by atoms with Gasteiger partial charge in [0.2, 0.25) is 0 Å². The third kappa shape index (κ3) is 5.77. The van der Waals surface area contributed by atoms with Crippen molar-refractivity contribution in [3.05, 3.63) is 6.33 Å². The molecular formula is C14H27N5. The van der Waals surface area contributed by atoms with Crippen molar-refractivity contribution in [2.45, 2.75) is 40.5 Å². The third-order valence-electron chi connectivity index (χ3n) is 2.91. The number of hydrogen-bond acceptors (Lipinski definition) is 5. The number of nitrogen functional groups attached to an aromatic ring is 1. The van der Waals surface area contributed by atoms with E-state index < -0.39 is 0 Å². The normalized spacial score (nSPS) is 11.1. The highest BCUT2D eigenvalue weighted by molar-refractivity contribution is 5.73. The number of hydrogen-bond donors (Lipinski definition) is 3. The Bertz CT molecular complexity index is 344. The molecule has 5 heteroatoms. The average Bonchev–Trinajstić information content (AvgIpc) is 2.32. The zero-order valence-corrected chi connectivity index (χ0v) is 12.5. The molecule has 0 amide bonds. The number of aromatic nitrogens is 2. The molecule has 1 aromatic heterocycles. The van der Waals surface area contributed by atoms with Crippen molar-refractivity contribution in [2.75, 3.05) is 29.5 Å². The molecule has 108 valence electrons. The summed E-state index contributed by atoms with van der Waals surface area (Å²) in [6.07, 6.45) is 3.74. The van der Waals surface area contributed by atoms with Crippen molar-refractivity contribution in [1.29, 1.82) is 0 Å². The first kappa shape index (κ1) is 15.5. The fourth-order valence-corrected chi connectivity index (χ4v) is 1.64. The van der Waals surface area contributed by atoms with E-state index in [9.17, 15) is 0 Å². The molecule has 0 fully saturated rings. The van der Waals surface area contributed by atoms with Crippen LogP contribution in [0.25, 0.3) is 0 Å². The van der Waals surface area contributed by atoms with Crippen LogP contribution in [0, 0.1) is 11.8 Å². The molecule has 0 aromatic carbocycles. The van der Waals surface area contributed by atoms with Crippen molar-refractivity contribution < 1.29 is 0 Å². The maximum atomic E-state index is 6.07. The van der Waals surface area contributed by atoms with Crippen LogP contribution in [0.1, 0.15) is 40.5 Å². The molecule has 5 nitrogen and oxygen atoms in total. The van der Waals surface area contributed by atoms with Crippen molar-refractivity contribution in [3.63, 3.8) is 0 Å². The van der Waals surface area contributed by atoms with E-state index in [1.807, 2.05) is 0 Å². The van der Waals surface area contributed by atoms with Gasteiger partial charge in [0.25, 0.3) is 0 Å². The average molecular weight is 265 g/mol. The zero-order valence-electron chi connectivity index (χ0n) is 12.5. The molecule has 0 radical (unpaired) electrons. The van der Waals surface area contributed by atoms with Gasteiger partial charge in [0.15, 0.2) is 11.6 Å². The van der Waals surface area contributed by atoms with E-state index in [0.717, 1.165) is 37.6 Å². The first-order chi connectivity index (χ1) is 9.00. The van der Waals surface area contributed by atoms with Gasteiger partial charge in [-0.3, -0.25) is 0 Å². The zero-order chi connectivity index (χ0) is 14.3. The maximum absolute atomic E-state index is 6.07. The Morgan fingerprint density at radius 1 is 0.947 bits per heavy atom. The quantitative estimate of drug-likeness (QED) is 0.673. The van der Waals surface area contributed by atoms with Gasteiger partial charge in [0, 0.05) is 13.1 Å². The Morgan fingerprint density at radius 3 is 1.74 bits per heavy atom. The van der Waals surface area contributed by atoms with Crippen molar-refractivity contribution in [3.8, 4) is 0 Å². The van der Waals surface area contributed by atoms with Crippen LogP contribution < -0.4 is 16.4 Å². The van der Waals surface area contributed by atoms with Gasteiger partial charge in [0.05, 0.1) is 0 Å². The third-order valence-corrected chi connectivity index (χ3v) is 2.91. The lowest BCUT2D eigenvalue weighted by molar-refractivity contribution is 0.606. The Hall–Kier alpha value is -1.52. The molecule has 1 rings (SSSR count). The van der Waals surface area contributed by atoms with E-state index in [4.69, 9.17) is 5.73 Å². The SMILES string of the molecule is CC(C)CCNc1ncnc(NCCC(C)C)c1N. The van der Waals surface area contributed by atoms with E-state index in [2.05, 4.69) is 48.3 Å². The predicted octanol–water partition coefficient (Wildman–Crippen LogP) is 2.97. The Labute approximate surface area is 116 Å². The smallest absolute Gasteiger partial charge is 0.154 e. The summed E-state index contributed by atoms with van der Waals surface area (Å²) in [6.45, 7) is 10.6. The minimum absolute atomic E-state index is 0.606. The minimum Gasteiger partial charge on any atom is -0.393 e. The van der Waals surface area contributed by atoms with Crippen molar-refractivity contribution >= 4 is 17.3 Å². The van der Waals surface area contributed by atoms with Gasteiger partial charge in [-0.1, -0.05) is 27.7 Å². The summed E-state index contributed by atoms with van der Waals surface area (Å²) < 4.78 is 0. The summed E-state index contributed by atoms with van der Waals surface area (Å²) in [4.78, 5) is 8.38. The molecule has 0 saturated heterocycles. The fourth-order valence-electron chi connectivity index (χ4n) is 1.64. The molecule has 0 aliphatic carbocycles. The Kier molecular flexibility index (Phi) is 6.39. The molecule has 0 atom stereocenters. The van der Waals surface area contributed by atoms with Gasteiger partial charge in [0.1, 0.15) is 12.0 Å². The van der Waals surface area contributed by atoms with Gasteiger partial charge in [-0.15, -0.1) is 0 Å². The molecule has 1 heterocycles. The lowest BCUT2D eigenvalue weighted by Crippen LogP contribution is -2.13. The van der Waals surface area contributed by atoms with Crippen molar-refractivity contribution in [2.24, 2.45) is 11.8 Å². The van der Waals surface area contributed by atoms with Crippen LogP contribution in [0.3, 0.4) is 0 Å². The van der Waals surface area contributed by atoms with Crippen LogP contribution in [-0.2, 0) is 0 Å². The first-order valence-electron chi connectivity index (χ1n) is 7.09. The summed E-state index contributed by atoms with van der Waals surface area (Å²) in [6, 6.07) is 0. The van der Waals surface area contributed by atoms with Gasteiger partial charge in [-0.2, -0.15) is 0 Å². The van der Waals surface area contributed by atoms with Crippen LogP contribution in [0.4, 0.5) is 17.3 Å². The lowest BCUT2D eigenvalue weighted by Gasteiger charge is -2.13. The fraction of sp³-hybridized carbons (Fsp3) is 0.714. The van der Waals surface area contributed by atoms with Crippen LogP contribution >= 0.6 is 0 Å². The number of rotatable bonds is 8. The second kappa shape index (κ2) is 7.81. The van der Waals surface area contributed by atoms with E-state index in [-0.39, 0.29) is 0 Å². The second-order valence-electron chi connectivity index (χ2n) is 5.70. The van der Waals surface area contributed by atoms with E-state index >= 15 is 0 Å². The summed E-state index contributed by atoms with van der Waals surface area (Å²) >= 11 is 0. The van der Waals surface area contributed by atoms with Crippen LogP contribution in [-0.4, -0.2) is 23.1 Å². The molecule has 4 N–H and O–H groups in total. The standard InChI is InChI=1S/C14H27N5/c1-10(2)5-7-16-13-12(15)14(19-9-18-13)17-8-6-11(3)4/h9-11H,5-8,15H2,1-4H3,(H2,16,17,18,19). The van der Waals surface area contributed by atoms with E-state index in [1.165, 1.54) is 0 Å². The topological polar surface area (TPSA) is 75.9 Å². The maximum Gasteiger partial charge on any atom is 0.154 e. The van der Waals surface area contributed by atoms with Gasteiger partial charge >= 0.3 is 0 Å². The molecule has 0 aliphatic heterocycles. The highest BCUT2D eigenvalue weighted by Crippen LogP contribution is 2.22. The van der Waals surface area contributed by atoms with Gasteiger partial charge in [-0.25, -0.2) is 9.97 Å². The summed E-state index contributed by atoms with van der Waals surface area (Å²) in [5.41, 5.74) is 6.67. The number of anilines is 3. The largest absolute Gasteiger partial charge is 0.393 e. The molecule has 0 bridgehead atoms. The molecule has 1 aromatic rings. The minimum atomic E-state index is 0.606. The van der Waals surface area contributed by atoms with E-state index in [1.54, 1.807) is 6.33 Å². The van der Waals surface area contributed by atoms with Crippen molar-refractivity contribution in [1.82, 2.24) is 9.97 Å². The monoisotopic (exact) mass is 265 g/mol. The molecular weight excluding hydrogens is 238 g/mol. The molecule has 0 saturated carbocycles. The number of nitrogens with one attached hydrogen (secondary N) is 2. The van der Waals surface area contributed by atoms with E-state index in [0.29, 0.717) is 17.5 Å². The second-order valence-corrected chi connectivity index (χ2v) is 5.70. The molecule has 19 heavy (non-hydrogen) atoms. The Morgan fingerprint density at radius 2 is 1.37 bits per heavy atom. The Balaban J connectivity index is 2.54. The summed E-state index contributed by atoms with van der Waals surface area (Å²) in [5.74, 6) is 2.78. The number of nitrogens with two attached hydrogens (primary N) is 1. The predicted molar refractivity (Wildman–Crippen MR) is 82.3 cm³/mol. The van der Waals surface area contributed by atoms with Gasteiger partial charge < -0.3 is 16.4 Å². The summed E-state index contributed by atoms with van der Waals surface area (Å²) in [5, 5.41) is 6.54. The summed E-state index contributed by atoms with van der Waals surface area (Å²) in [7, 11) is 0. The van der Waals surface area contributed by atoms with Gasteiger partial charge in [-0.05, 0) is 24.7 Å². The lowest BCUT2D eigenvalue weighted by atomic mass is 10.1. The van der Waals surface area contributed by atoms with Crippen LogP contribution in [0.5, 0.6) is 0 Å². The first-order valence-corrected chi connectivity index (χ1v) is 7.09. The molecule has 0 spiro atoms. The molecule has 0 aliphatic rings. The van der Waals surface area contributed by atoms with Crippen LogP contribution in [0.15, 0.2) is 6.33 Å². The molecule has 0 unspecified atom stereocenters. The highest BCUT2D eigenvalue weighted by atomic mass is 15.1. The number of nitrogens with zero attached hydrogens (tertiary/aromatic N) is 2. The highest BCUT2D eigenvalue weighted by Gasteiger charge is 2.07. The van der Waals surface area contributed by atoms with Crippen LogP contribution in [0.2, 0.25) is 0 Å².